The summed E-state index contributed by atoms with van der Waals surface area (Å²) in [6.07, 6.45) is 0. The predicted octanol–water partition coefficient (Wildman–Crippen LogP) is 6.97. The third-order valence-corrected chi connectivity index (χ3v) is 8.30. The summed E-state index contributed by atoms with van der Waals surface area (Å²) in [5.41, 5.74) is 3.26. The van der Waals surface area contributed by atoms with Crippen LogP contribution < -0.4 is 0 Å². The number of hydrogen-bond donors (Lipinski definition) is 2. The SMILES string of the molecule is CC(C)(C)c1cc(C(=O)CN2CCN(CC(=O)c3cc(C(C)(C)C)c(O)c(C(C)(C)C)c3)CC2)cc(C(C)(C)C)c1O. The molecule has 6 heteroatoms. The fourth-order valence-electron chi connectivity index (χ4n) is 5.57. The first-order valence-corrected chi connectivity index (χ1v) is 15.3. The van der Waals surface area contributed by atoms with Crippen LogP contribution in [0, 0.1) is 0 Å². The average molecular weight is 579 g/mol. The van der Waals surface area contributed by atoms with Gasteiger partial charge in [-0.15, -0.1) is 0 Å². The van der Waals surface area contributed by atoms with Crippen molar-refractivity contribution in [3.63, 3.8) is 0 Å². The van der Waals surface area contributed by atoms with Crippen LogP contribution in [0.5, 0.6) is 11.5 Å². The van der Waals surface area contributed by atoms with Gasteiger partial charge in [-0.3, -0.25) is 19.4 Å². The smallest absolute Gasteiger partial charge is 0.176 e. The summed E-state index contributed by atoms with van der Waals surface area (Å²) in [5, 5.41) is 22.1. The van der Waals surface area contributed by atoms with Crippen LogP contribution in [0.4, 0.5) is 0 Å². The monoisotopic (exact) mass is 578 g/mol. The average Bonchev–Trinajstić information content (AvgIpc) is 2.82. The first-order valence-electron chi connectivity index (χ1n) is 15.3. The van der Waals surface area contributed by atoms with Gasteiger partial charge in [0.2, 0.25) is 0 Å². The van der Waals surface area contributed by atoms with Crippen LogP contribution in [0.1, 0.15) is 126 Å². The molecule has 2 aromatic rings. The van der Waals surface area contributed by atoms with E-state index >= 15 is 0 Å². The van der Waals surface area contributed by atoms with E-state index in [9.17, 15) is 19.8 Å². The van der Waals surface area contributed by atoms with E-state index < -0.39 is 0 Å². The van der Waals surface area contributed by atoms with Crippen molar-refractivity contribution in [3.8, 4) is 11.5 Å². The lowest BCUT2D eigenvalue weighted by Crippen LogP contribution is -2.49. The van der Waals surface area contributed by atoms with E-state index in [2.05, 4.69) is 92.9 Å². The summed E-state index contributed by atoms with van der Waals surface area (Å²) in [7, 11) is 0. The highest BCUT2D eigenvalue weighted by atomic mass is 16.3. The van der Waals surface area contributed by atoms with Crippen LogP contribution in [0.25, 0.3) is 0 Å². The lowest BCUT2D eigenvalue weighted by molar-refractivity contribution is 0.0782. The molecule has 6 nitrogen and oxygen atoms in total. The van der Waals surface area contributed by atoms with Gasteiger partial charge >= 0.3 is 0 Å². The highest BCUT2D eigenvalue weighted by Crippen LogP contribution is 2.41. The van der Waals surface area contributed by atoms with E-state index in [0.29, 0.717) is 50.4 Å². The summed E-state index contributed by atoms with van der Waals surface area (Å²) < 4.78 is 0. The van der Waals surface area contributed by atoms with Crippen molar-refractivity contribution in [1.29, 1.82) is 0 Å². The number of carbonyl (C=O) groups is 2. The van der Waals surface area contributed by atoms with Crippen molar-refractivity contribution in [3.05, 3.63) is 57.6 Å². The zero-order valence-corrected chi connectivity index (χ0v) is 28.2. The van der Waals surface area contributed by atoms with Crippen LogP contribution >= 0.6 is 0 Å². The van der Waals surface area contributed by atoms with Crippen molar-refractivity contribution in [2.45, 2.75) is 105 Å². The molecule has 1 aliphatic rings. The van der Waals surface area contributed by atoms with Crippen molar-refractivity contribution >= 4 is 11.6 Å². The first kappa shape index (κ1) is 33.8. The van der Waals surface area contributed by atoms with Crippen LogP contribution in [-0.4, -0.2) is 70.8 Å². The minimum atomic E-state index is -0.294. The Bertz CT molecular complexity index is 1150. The molecule has 0 aliphatic carbocycles. The molecule has 0 spiro atoms. The fourth-order valence-corrected chi connectivity index (χ4v) is 5.57. The lowest BCUT2D eigenvalue weighted by Gasteiger charge is -2.34. The number of hydrogen-bond acceptors (Lipinski definition) is 6. The van der Waals surface area contributed by atoms with Gasteiger partial charge in [0.25, 0.3) is 0 Å². The van der Waals surface area contributed by atoms with Gasteiger partial charge in [-0.2, -0.15) is 0 Å². The van der Waals surface area contributed by atoms with E-state index in [1.54, 1.807) is 0 Å². The molecule has 0 atom stereocenters. The number of aromatic hydroxyl groups is 2. The van der Waals surface area contributed by atoms with Crippen molar-refractivity contribution in [2.24, 2.45) is 0 Å². The van der Waals surface area contributed by atoms with E-state index in [-0.39, 0.29) is 44.7 Å². The molecular formula is C36H54N2O4. The molecule has 0 unspecified atom stereocenters. The summed E-state index contributed by atoms with van der Waals surface area (Å²) in [6, 6.07) is 7.43. The number of phenols is 2. The lowest BCUT2D eigenvalue weighted by atomic mass is 9.78. The third kappa shape index (κ3) is 7.82. The highest BCUT2D eigenvalue weighted by Gasteiger charge is 2.30. The fraction of sp³-hybridized carbons (Fsp3) is 0.611. The summed E-state index contributed by atoms with van der Waals surface area (Å²) in [4.78, 5) is 31.2. The van der Waals surface area contributed by atoms with Gasteiger partial charge in [0.05, 0.1) is 13.1 Å². The van der Waals surface area contributed by atoms with Gasteiger partial charge in [0.15, 0.2) is 11.6 Å². The normalized spacial score (nSPS) is 16.1. The van der Waals surface area contributed by atoms with Crippen LogP contribution in [0.2, 0.25) is 0 Å². The standard InChI is InChI=1S/C36H54N2O4/c1-33(2,3)25-17-23(18-26(31(25)41)34(4,5)6)29(39)21-37-13-15-38(16-14-37)22-30(40)24-19-27(35(7,8)9)32(42)28(20-24)36(10,11)12/h17-20,41-42H,13-16,21-22H2,1-12H3. The van der Waals surface area contributed by atoms with Gasteiger partial charge < -0.3 is 10.2 Å². The zero-order valence-electron chi connectivity index (χ0n) is 28.2. The minimum Gasteiger partial charge on any atom is -0.507 e. The number of ketones is 2. The number of nitrogens with zero attached hydrogens (tertiary/aromatic N) is 2. The van der Waals surface area contributed by atoms with Gasteiger partial charge in [-0.25, -0.2) is 0 Å². The molecule has 1 saturated heterocycles. The highest BCUT2D eigenvalue weighted by molar-refractivity contribution is 5.99. The Morgan fingerprint density at radius 2 is 0.738 bits per heavy atom. The summed E-state index contributed by atoms with van der Waals surface area (Å²) in [5.74, 6) is 0.651. The number of benzene rings is 2. The second kappa shape index (κ2) is 11.8. The molecule has 2 aromatic carbocycles. The maximum atomic E-state index is 13.5. The molecule has 0 saturated carbocycles. The van der Waals surface area contributed by atoms with E-state index in [4.69, 9.17) is 0 Å². The van der Waals surface area contributed by atoms with Gasteiger partial charge in [-0.05, 0) is 45.9 Å². The molecule has 1 aliphatic heterocycles. The maximum absolute atomic E-state index is 13.5. The Hall–Kier alpha value is -2.70. The van der Waals surface area contributed by atoms with Crippen LogP contribution in [-0.2, 0) is 21.7 Å². The molecule has 1 heterocycles. The molecule has 232 valence electrons. The van der Waals surface area contributed by atoms with Crippen molar-refractivity contribution < 1.29 is 19.8 Å². The minimum absolute atomic E-state index is 0.0454. The van der Waals surface area contributed by atoms with E-state index in [1.807, 2.05) is 24.3 Å². The molecule has 0 bridgehead atoms. The molecular weight excluding hydrogens is 524 g/mol. The first-order chi connectivity index (χ1) is 19.0. The van der Waals surface area contributed by atoms with Gasteiger partial charge in [-0.1, -0.05) is 83.1 Å². The molecule has 0 aromatic heterocycles. The molecule has 3 rings (SSSR count). The molecule has 1 fully saturated rings. The van der Waals surface area contributed by atoms with E-state index in [1.165, 1.54) is 0 Å². The molecule has 0 amide bonds. The molecule has 2 N–H and O–H groups in total. The Morgan fingerprint density at radius 1 is 0.524 bits per heavy atom. The number of phenolic OH excluding ortho intramolecular Hbond substituents is 2. The zero-order chi connectivity index (χ0) is 32.0. The second-order valence-electron chi connectivity index (χ2n) is 16.2. The maximum Gasteiger partial charge on any atom is 0.176 e. The van der Waals surface area contributed by atoms with Crippen molar-refractivity contribution in [2.75, 3.05) is 39.3 Å². The number of rotatable bonds is 6. The van der Waals surface area contributed by atoms with Crippen LogP contribution in [0.15, 0.2) is 24.3 Å². The molecule has 42 heavy (non-hydrogen) atoms. The topological polar surface area (TPSA) is 81.1 Å². The van der Waals surface area contributed by atoms with Crippen LogP contribution in [0.3, 0.4) is 0 Å². The Kier molecular flexibility index (Phi) is 9.47. The van der Waals surface area contributed by atoms with E-state index in [0.717, 1.165) is 22.3 Å². The Morgan fingerprint density at radius 3 is 0.929 bits per heavy atom. The summed E-state index contributed by atoms with van der Waals surface area (Å²) >= 11 is 0. The van der Waals surface area contributed by atoms with Gasteiger partial charge in [0, 0.05) is 59.6 Å². The quantitative estimate of drug-likeness (QED) is 0.360. The molecule has 0 radical (unpaired) electrons. The number of carbonyl (C=O) groups excluding carboxylic acids is 2. The van der Waals surface area contributed by atoms with Gasteiger partial charge in [0.1, 0.15) is 11.5 Å². The summed E-state index contributed by atoms with van der Waals surface area (Å²) in [6.45, 7) is 28.0. The second-order valence-corrected chi connectivity index (χ2v) is 16.2. The predicted molar refractivity (Wildman–Crippen MR) is 173 cm³/mol. The Balaban J connectivity index is 1.72. The number of piperazine rings is 1. The van der Waals surface area contributed by atoms with Crippen molar-refractivity contribution in [1.82, 2.24) is 9.80 Å². The Labute approximate surface area is 254 Å². The number of Topliss-reactive ketones (excluding diaryl/α,β-unsaturated/α-hetero) is 2. The third-order valence-electron chi connectivity index (χ3n) is 8.30. The largest absolute Gasteiger partial charge is 0.507 e.